The SMILES string of the molecule is CSCCCCNC(=O)CCn1ccc2ccccc21. The summed E-state index contributed by atoms with van der Waals surface area (Å²) in [6.07, 6.45) is 6.94. The van der Waals surface area contributed by atoms with E-state index in [1.807, 2.05) is 23.9 Å². The third-order valence-corrected chi connectivity index (χ3v) is 4.05. The molecule has 20 heavy (non-hydrogen) atoms. The second-order valence-electron chi connectivity index (χ2n) is 4.87. The van der Waals surface area contributed by atoms with Gasteiger partial charge < -0.3 is 9.88 Å². The summed E-state index contributed by atoms with van der Waals surface area (Å²) in [6.45, 7) is 1.54. The van der Waals surface area contributed by atoms with Crippen molar-refractivity contribution < 1.29 is 4.79 Å². The summed E-state index contributed by atoms with van der Waals surface area (Å²) in [7, 11) is 0. The van der Waals surface area contributed by atoms with Crippen molar-refractivity contribution in [3.8, 4) is 0 Å². The summed E-state index contributed by atoms with van der Waals surface area (Å²) in [5.74, 6) is 1.32. The lowest BCUT2D eigenvalue weighted by molar-refractivity contribution is -0.121. The average Bonchev–Trinajstić information content (AvgIpc) is 2.88. The van der Waals surface area contributed by atoms with Crippen molar-refractivity contribution in [2.45, 2.75) is 25.8 Å². The van der Waals surface area contributed by atoms with Gasteiger partial charge >= 0.3 is 0 Å². The van der Waals surface area contributed by atoms with Gasteiger partial charge in [0.15, 0.2) is 0 Å². The second kappa shape index (κ2) is 8.00. The van der Waals surface area contributed by atoms with E-state index in [0.29, 0.717) is 6.42 Å². The maximum atomic E-state index is 11.8. The van der Waals surface area contributed by atoms with Crippen LogP contribution in [0.25, 0.3) is 10.9 Å². The number of carbonyl (C=O) groups is 1. The Morgan fingerprint density at radius 1 is 1.25 bits per heavy atom. The molecular weight excluding hydrogens is 268 g/mol. The van der Waals surface area contributed by atoms with Gasteiger partial charge in [0, 0.05) is 31.2 Å². The zero-order valence-corrected chi connectivity index (χ0v) is 12.8. The van der Waals surface area contributed by atoms with Crippen molar-refractivity contribution in [3.63, 3.8) is 0 Å². The third kappa shape index (κ3) is 4.30. The van der Waals surface area contributed by atoms with Gasteiger partial charge in [0.25, 0.3) is 0 Å². The minimum Gasteiger partial charge on any atom is -0.356 e. The Labute approximate surface area is 124 Å². The minimum absolute atomic E-state index is 0.145. The highest BCUT2D eigenvalue weighted by Gasteiger charge is 2.03. The van der Waals surface area contributed by atoms with Gasteiger partial charge in [0.2, 0.25) is 5.91 Å². The topological polar surface area (TPSA) is 34.0 Å². The molecule has 1 amide bonds. The van der Waals surface area contributed by atoms with Crippen LogP contribution in [0.1, 0.15) is 19.3 Å². The number of thioether (sulfide) groups is 1. The Hall–Kier alpha value is -1.42. The Kier molecular flexibility index (Phi) is 5.99. The van der Waals surface area contributed by atoms with E-state index < -0.39 is 0 Å². The first-order valence-corrected chi connectivity index (χ1v) is 8.50. The van der Waals surface area contributed by atoms with Crippen molar-refractivity contribution in [1.29, 1.82) is 0 Å². The number of aryl methyl sites for hydroxylation is 1. The van der Waals surface area contributed by atoms with Gasteiger partial charge in [-0.05, 0) is 42.4 Å². The molecule has 4 heteroatoms. The fourth-order valence-corrected chi connectivity index (χ4v) is 2.74. The second-order valence-corrected chi connectivity index (χ2v) is 5.85. The number of nitrogens with zero attached hydrogens (tertiary/aromatic N) is 1. The molecule has 1 aromatic heterocycles. The summed E-state index contributed by atoms with van der Waals surface area (Å²) >= 11 is 1.85. The van der Waals surface area contributed by atoms with Crippen LogP contribution < -0.4 is 5.32 Å². The molecule has 0 unspecified atom stereocenters. The van der Waals surface area contributed by atoms with Crippen LogP contribution in [-0.2, 0) is 11.3 Å². The molecule has 0 aliphatic rings. The van der Waals surface area contributed by atoms with E-state index in [2.05, 4.69) is 40.5 Å². The third-order valence-electron chi connectivity index (χ3n) is 3.36. The quantitative estimate of drug-likeness (QED) is 0.757. The van der Waals surface area contributed by atoms with Crippen molar-refractivity contribution in [2.24, 2.45) is 0 Å². The molecule has 0 radical (unpaired) electrons. The largest absolute Gasteiger partial charge is 0.356 e. The number of benzene rings is 1. The Morgan fingerprint density at radius 3 is 2.95 bits per heavy atom. The fraction of sp³-hybridized carbons (Fsp3) is 0.438. The first-order valence-electron chi connectivity index (χ1n) is 7.11. The minimum atomic E-state index is 0.145. The number of hydrogen-bond acceptors (Lipinski definition) is 2. The first kappa shape index (κ1) is 15.0. The summed E-state index contributed by atoms with van der Waals surface area (Å²) in [5.41, 5.74) is 1.19. The molecule has 0 aliphatic heterocycles. The van der Waals surface area contributed by atoms with Crippen molar-refractivity contribution in [3.05, 3.63) is 36.5 Å². The zero-order valence-electron chi connectivity index (χ0n) is 12.0. The molecule has 3 nitrogen and oxygen atoms in total. The fourth-order valence-electron chi connectivity index (χ4n) is 2.25. The van der Waals surface area contributed by atoms with E-state index in [9.17, 15) is 4.79 Å². The van der Waals surface area contributed by atoms with Crippen LogP contribution in [0.15, 0.2) is 36.5 Å². The molecule has 1 N–H and O–H groups in total. The lowest BCUT2D eigenvalue weighted by Gasteiger charge is -2.07. The molecule has 0 saturated heterocycles. The zero-order chi connectivity index (χ0) is 14.2. The predicted molar refractivity (Wildman–Crippen MR) is 87.2 cm³/mol. The number of fused-ring (bicyclic) bond motifs is 1. The molecule has 0 fully saturated rings. The first-order chi connectivity index (χ1) is 9.81. The van der Waals surface area contributed by atoms with Gasteiger partial charge in [-0.25, -0.2) is 0 Å². The highest BCUT2D eigenvalue weighted by molar-refractivity contribution is 7.98. The van der Waals surface area contributed by atoms with E-state index in [0.717, 1.165) is 19.5 Å². The monoisotopic (exact) mass is 290 g/mol. The standard InChI is InChI=1S/C16H22N2OS/c1-20-13-5-4-10-17-16(19)9-12-18-11-8-14-6-2-3-7-15(14)18/h2-3,6-8,11H,4-5,9-10,12-13H2,1H3,(H,17,19). The van der Waals surface area contributed by atoms with Crippen LogP contribution in [0.2, 0.25) is 0 Å². The number of aromatic nitrogens is 1. The van der Waals surface area contributed by atoms with E-state index >= 15 is 0 Å². The highest BCUT2D eigenvalue weighted by atomic mass is 32.2. The van der Waals surface area contributed by atoms with Gasteiger partial charge in [-0.2, -0.15) is 11.8 Å². The number of unbranched alkanes of at least 4 members (excludes halogenated alkanes) is 1. The number of amides is 1. The molecule has 108 valence electrons. The number of rotatable bonds is 8. The summed E-state index contributed by atoms with van der Waals surface area (Å²) in [5, 5.41) is 4.22. The summed E-state index contributed by atoms with van der Waals surface area (Å²) in [6, 6.07) is 10.3. The van der Waals surface area contributed by atoms with Gasteiger partial charge in [0.1, 0.15) is 0 Å². The Balaban J connectivity index is 1.73. The van der Waals surface area contributed by atoms with Crippen molar-refractivity contribution in [1.82, 2.24) is 9.88 Å². The van der Waals surface area contributed by atoms with Crippen LogP contribution >= 0.6 is 11.8 Å². The molecule has 0 spiro atoms. The van der Waals surface area contributed by atoms with Gasteiger partial charge in [0.05, 0.1) is 0 Å². The normalized spacial score (nSPS) is 10.8. The molecular formula is C16H22N2OS. The number of nitrogens with one attached hydrogen (secondary N) is 1. The molecule has 0 atom stereocenters. The van der Waals surface area contributed by atoms with E-state index in [-0.39, 0.29) is 5.91 Å². The van der Waals surface area contributed by atoms with Gasteiger partial charge in [-0.1, -0.05) is 18.2 Å². The van der Waals surface area contributed by atoms with Gasteiger partial charge in [-0.3, -0.25) is 4.79 Å². The van der Waals surface area contributed by atoms with Crippen molar-refractivity contribution >= 4 is 28.6 Å². The van der Waals surface area contributed by atoms with Crippen LogP contribution in [0.4, 0.5) is 0 Å². The molecule has 1 heterocycles. The van der Waals surface area contributed by atoms with E-state index in [1.54, 1.807) is 0 Å². The lowest BCUT2D eigenvalue weighted by atomic mass is 10.2. The molecule has 2 rings (SSSR count). The highest BCUT2D eigenvalue weighted by Crippen LogP contribution is 2.15. The van der Waals surface area contributed by atoms with Crippen molar-refractivity contribution in [2.75, 3.05) is 18.6 Å². The van der Waals surface area contributed by atoms with Crippen LogP contribution in [0.5, 0.6) is 0 Å². The van der Waals surface area contributed by atoms with Crippen LogP contribution in [0, 0.1) is 0 Å². The van der Waals surface area contributed by atoms with E-state index in [4.69, 9.17) is 0 Å². The molecule has 1 aromatic carbocycles. The molecule has 0 bridgehead atoms. The Bertz CT molecular complexity index is 550. The molecule has 2 aromatic rings. The van der Waals surface area contributed by atoms with Crippen LogP contribution in [-0.4, -0.2) is 29.0 Å². The molecule has 0 aliphatic carbocycles. The lowest BCUT2D eigenvalue weighted by Crippen LogP contribution is -2.25. The predicted octanol–water partition coefficient (Wildman–Crippen LogP) is 3.29. The summed E-state index contributed by atoms with van der Waals surface area (Å²) in [4.78, 5) is 11.8. The Morgan fingerprint density at radius 2 is 2.10 bits per heavy atom. The summed E-state index contributed by atoms with van der Waals surface area (Å²) < 4.78 is 2.14. The van der Waals surface area contributed by atoms with Crippen LogP contribution in [0.3, 0.4) is 0 Å². The smallest absolute Gasteiger partial charge is 0.221 e. The maximum absolute atomic E-state index is 11.8. The molecule has 0 saturated carbocycles. The van der Waals surface area contributed by atoms with Gasteiger partial charge in [-0.15, -0.1) is 0 Å². The maximum Gasteiger partial charge on any atom is 0.221 e. The number of hydrogen-bond donors (Lipinski definition) is 1. The average molecular weight is 290 g/mol. The number of para-hydroxylation sites is 1. The van der Waals surface area contributed by atoms with E-state index in [1.165, 1.54) is 23.1 Å². The number of carbonyl (C=O) groups excluding carboxylic acids is 1.